The number of para-hydroxylation sites is 1. The van der Waals surface area contributed by atoms with Gasteiger partial charge in [0.15, 0.2) is 11.5 Å². The number of carboxylic acid groups (broad SMARTS) is 1. The van der Waals surface area contributed by atoms with Gasteiger partial charge in [0.05, 0.1) is 19.9 Å². The molecule has 0 fully saturated rings. The molecule has 8 heteroatoms. The van der Waals surface area contributed by atoms with E-state index in [0.717, 1.165) is 11.6 Å². The van der Waals surface area contributed by atoms with E-state index in [1.807, 2.05) is 12.1 Å². The van der Waals surface area contributed by atoms with Crippen LogP contribution in [-0.4, -0.2) is 40.3 Å². The first-order chi connectivity index (χ1) is 12.9. The number of sulfonamides is 1. The molecule has 142 valence electrons. The lowest BCUT2D eigenvalue weighted by Gasteiger charge is -2.22. The number of rotatable bonds is 6. The zero-order valence-corrected chi connectivity index (χ0v) is 15.7. The number of carboxylic acids is 1. The van der Waals surface area contributed by atoms with Crippen molar-refractivity contribution in [1.82, 2.24) is 0 Å². The molecule has 0 aliphatic carbocycles. The first-order valence-corrected chi connectivity index (χ1v) is 9.60. The van der Waals surface area contributed by atoms with Crippen LogP contribution in [0, 0.1) is 0 Å². The maximum Gasteiger partial charge on any atom is 0.328 e. The van der Waals surface area contributed by atoms with E-state index in [-0.39, 0.29) is 16.4 Å². The van der Waals surface area contributed by atoms with Crippen molar-refractivity contribution in [3.05, 3.63) is 53.6 Å². The Bertz CT molecular complexity index is 1010. The number of hydrogen-bond acceptors (Lipinski definition) is 5. The second kappa shape index (κ2) is 7.32. The van der Waals surface area contributed by atoms with Gasteiger partial charge in [0.25, 0.3) is 10.0 Å². The monoisotopic (exact) mass is 389 g/mol. The van der Waals surface area contributed by atoms with Gasteiger partial charge in [-0.25, -0.2) is 13.2 Å². The van der Waals surface area contributed by atoms with E-state index < -0.39 is 16.0 Å². The summed E-state index contributed by atoms with van der Waals surface area (Å²) >= 11 is 0. The summed E-state index contributed by atoms with van der Waals surface area (Å²) in [6.07, 6.45) is 2.86. The number of aliphatic carboxylic acids is 1. The Morgan fingerprint density at radius 3 is 2.59 bits per heavy atom. The van der Waals surface area contributed by atoms with Crippen LogP contribution in [0.4, 0.5) is 5.69 Å². The Morgan fingerprint density at radius 1 is 1.19 bits per heavy atom. The van der Waals surface area contributed by atoms with Crippen molar-refractivity contribution in [3.63, 3.8) is 0 Å². The quantitative estimate of drug-likeness (QED) is 0.763. The lowest BCUT2D eigenvalue weighted by atomic mass is 10.2. The third-order valence-electron chi connectivity index (χ3n) is 4.30. The summed E-state index contributed by atoms with van der Waals surface area (Å²) in [5.41, 5.74) is 1.96. The van der Waals surface area contributed by atoms with E-state index in [1.165, 1.54) is 36.7 Å². The predicted octanol–water partition coefficient (Wildman–Crippen LogP) is 2.55. The number of fused-ring (bicyclic) bond motifs is 1. The molecule has 0 aromatic heterocycles. The lowest BCUT2D eigenvalue weighted by molar-refractivity contribution is -0.131. The molecular formula is C19H19NO6S. The maximum atomic E-state index is 13.4. The predicted molar refractivity (Wildman–Crippen MR) is 101 cm³/mol. The van der Waals surface area contributed by atoms with Crippen molar-refractivity contribution >= 4 is 27.8 Å². The van der Waals surface area contributed by atoms with E-state index in [0.29, 0.717) is 24.2 Å². The van der Waals surface area contributed by atoms with E-state index in [1.54, 1.807) is 12.1 Å². The largest absolute Gasteiger partial charge is 0.493 e. The standard InChI is InChI=1S/C19H19NO6S/c1-25-16-11-13(7-8-18(21)22)12-17(19(16)26-2)27(23,24)20-10-9-14-5-3-4-6-15(14)20/h3-8,11-12H,9-10H2,1-2H3,(H,21,22). The number of anilines is 1. The third kappa shape index (κ3) is 3.48. The van der Waals surface area contributed by atoms with Crippen LogP contribution < -0.4 is 13.8 Å². The molecule has 1 aliphatic heterocycles. The van der Waals surface area contributed by atoms with Crippen molar-refractivity contribution in [2.45, 2.75) is 11.3 Å². The lowest BCUT2D eigenvalue weighted by Crippen LogP contribution is -2.29. The zero-order chi connectivity index (χ0) is 19.6. The maximum absolute atomic E-state index is 13.4. The van der Waals surface area contributed by atoms with E-state index in [9.17, 15) is 13.2 Å². The fourth-order valence-corrected chi connectivity index (χ4v) is 4.79. The zero-order valence-electron chi connectivity index (χ0n) is 14.9. The van der Waals surface area contributed by atoms with Crippen LogP contribution in [0.1, 0.15) is 11.1 Å². The Morgan fingerprint density at radius 2 is 1.93 bits per heavy atom. The first kappa shape index (κ1) is 18.8. The average Bonchev–Trinajstić information content (AvgIpc) is 3.10. The number of benzene rings is 2. The van der Waals surface area contributed by atoms with Gasteiger partial charge in [-0.2, -0.15) is 0 Å². The first-order valence-electron chi connectivity index (χ1n) is 8.16. The average molecular weight is 389 g/mol. The minimum atomic E-state index is -3.94. The molecule has 0 amide bonds. The Kier molecular flexibility index (Phi) is 5.09. The molecule has 1 N–H and O–H groups in total. The second-order valence-electron chi connectivity index (χ2n) is 5.88. The van der Waals surface area contributed by atoms with Gasteiger partial charge in [0.1, 0.15) is 4.90 Å². The highest BCUT2D eigenvalue weighted by Gasteiger charge is 2.34. The number of ether oxygens (including phenoxy) is 2. The molecule has 0 saturated carbocycles. The van der Waals surface area contributed by atoms with Gasteiger partial charge in [-0.15, -0.1) is 0 Å². The van der Waals surface area contributed by atoms with Gasteiger partial charge >= 0.3 is 5.97 Å². The normalized spacial score (nSPS) is 13.6. The topological polar surface area (TPSA) is 93.1 Å². The van der Waals surface area contributed by atoms with Crippen LogP contribution >= 0.6 is 0 Å². The molecule has 1 aliphatic rings. The van der Waals surface area contributed by atoms with Crippen LogP contribution in [-0.2, 0) is 21.2 Å². The van der Waals surface area contributed by atoms with Gasteiger partial charge in [-0.1, -0.05) is 18.2 Å². The van der Waals surface area contributed by atoms with Crippen molar-refractivity contribution in [2.75, 3.05) is 25.1 Å². The smallest absolute Gasteiger partial charge is 0.328 e. The number of nitrogens with zero attached hydrogens (tertiary/aromatic N) is 1. The highest BCUT2D eigenvalue weighted by Crippen LogP contribution is 2.40. The van der Waals surface area contributed by atoms with Crippen LogP contribution in [0.5, 0.6) is 11.5 Å². The molecule has 0 unspecified atom stereocenters. The van der Waals surface area contributed by atoms with Crippen molar-refractivity contribution in [2.24, 2.45) is 0 Å². The summed E-state index contributed by atoms with van der Waals surface area (Å²) < 4.78 is 38.7. The van der Waals surface area contributed by atoms with Crippen molar-refractivity contribution in [3.8, 4) is 11.5 Å². The molecule has 3 rings (SSSR count). The molecule has 1 heterocycles. The Labute approximate surface area is 157 Å². The van der Waals surface area contributed by atoms with E-state index in [4.69, 9.17) is 14.6 Å². The minimum absolute atomic E-state index is 0.0777. The molecule has 0 bridgehead atoms. The highest BCUT2D eigenvalue weighted by atomic mass is 32.2. The summed E-state index contributed by atoms with van der Waals surface area (Å²) in [4.78, 5) is 10.7. The Balaban J connectivity index is 2.17. The number of methoxy groups -OCH3 is 2. The summed E-state index contributed by atoms with van der Waals surface area (Å²) in [5.74, 6) is -0.854. The molecule has 0 atom stereocenters. The molecule has 0 saturated heterocycles. The molecule has 0 radical (unpaired) electrons. The number of hydrogen-bond donors (Lipinski definition) is 1. The number of carbonyl (C=O) groups is 1. The van der Waals surface area contributed by atoms with Gasteiger partial charge < -0.3 is 14.6 Å². The molecule has 2 aromatic rings. The van der Waals surface area contributed by atoms with Crippen LogP contribution in [0.25, 0.3) is 6.08 Å². The summed E-state index contributed by atoms with van der Waals surface area (Å²) in [6.45, 7) is 0.322. The van der Waals surface area contributed by atoms with Crippen molar-refractivity contribution in [1.29, 1.82) is 0 Å². The fourth-order valence-electron chi connectivity index (χ4n) is 3.08. The second-order valence-corrected chi connectivity index (χ2v) is 7.71. The van der Waals surface area contributed by atoms with E-state index in [2.05, 4.69) is 0 Å². The summed E-state index contributed by atoms with van der Waals surface area (Å²) in [7, 11) is -1.19. The fraction of sp³-hybridized carbons (Fsp3) is 0.211. The SMILES string of the molecule is COc1cc(C=CC(=O)O)cc(S(=O)(=O)N2CCc3ccccc32)c1OC. The molecule has 7 nitrogen and oxygen atoms in total. The molecular weight excluding hydrogens is 370 g/mol. The van der Waals surface area contributed by atoms with Crippen LogP contribution in [0.2, 0.25) is 0 Å². The van der Waals surface area contributed by atoms with Gasteiger partial charge in [0, 0.05) is 12.6 Å². The van der Waals surface area contributed by atoms with Gasteiger partial charge in [-0.3, -0.25) is 4.31 Å². The minimum Gasteiger partial charge on any atom is -0.493 e. The molecule has 27 heavy (non-hydrogen) atoms. The summed E-state index contributed by atoms with van der Waals surface area (Å²) in [6, 6.07) is 10.2. The highest BCUT2D eigenvalue weighted by molar-refractivity contribution is 7.93. The summed E-state index contributed by atoms with van der Waals surface area (Å²) in [5, 5.41) is 8.84. The van der Waals surface area contributed by atoms with Gasteiger partial charge in [-0.05, 0) is 41.8 Å². The Hall–Kier alpha value is -3.00. The third-order valence-corrected chi connectivity index (χ3v) is 6.12. The van der Waals surface area contributed by atoms with Gasteiger partial charge in [0.2, 0.25) is 0 Å². The molecule has 0 spiro atoms. The van der Waals surface area contributed by atoms with Crippen LogP contribution in [0.3, 0.4) is 0 Å². The van der Waals surface area contributed by atoms with Crippen LogP contribution in [0.15, 0.2) is 47.4 Å². The van der Waals surface area contributed by atoms with E-state index >= 15 is 0 Å². The molecule has 2 aromatic carbocycles. The van der Waals surface area contributed by atoms with Crippen molar-refractivity contribution < 1.29 is 27.8 Å².